The summed E-state index contributed by atoms with van der Waals surface area (Å²) in [5, 5.41) is 8.91. The Bertz CT molecular complexity index is 629. The summed E-state index contributed by atoms with van der Waals surface area (Å²) in [5.74, 6) is -1.41. The van der Waals surface area contributed by atoms with Crippen molar-refractivity contribution in [2.75, 3.05) is 17.7 Å². The second-order valence-electron chi connectivity index (χ2n) is 4.12. The first kappa shape index (κ1) is 12.9. The van der Waals surface area contributed by atoms with Crippen molar-refractivity contribution in [1.82, 2.24) is 0 Å². The molecule has 4 nitrogen and oxygen atoms in total. The van der Waals surface area contributed by atoms with Crippen LogP contribution in [0.15, 0.2) is 42.5 Å². The van der Waals surface area contributed by atoms with E-state index in [0.29, 0.717) is 11.4 Å². The minimum atomic E-state index is -1.07. The van der Waals surface area contributed by atoms with Crippen molar-refractivity contribution in [3.8, 4) is 0 Å². The molecule has 0 saturated carbocycles. The van der Waals surface area contributed by atoms with Gasteiger partial charge in [-0.25, -0.2) is 9.18 Å². The summed E-state index contributed by atoms with van der Waals surface area (Å²) in [6, 6.07) is 10.7. The molecular formula is C14H13FN2O2. The van der Waals surface area contributed by atoms with Crippen molar-refractivity contribution in [2.24, 2.45) is 0 Å². The van der Waals surface area contributed by atoms with Gasteiger partial charge in [0.2, 0.25) is 0 Å². The van der Waals surface area contributed by atoms with E-state index in [4.69, 9.17) is 10.8 Å². The Morgan fingerprint density at radius 1 is 1.21 bits per heavy atom. The number of aromatic carboxylic acids is 1. The Hall–Kier alpha value is -2.56. The lowest BCUT2D eigenvalue weighted by Gasteiger charge is -2.20. The monoisotopic (exact) mass is 260 g/mol. The first-order valence-electron chi connectivity index (χ1n) is 5.61. The molecule has 0 radical (unpaired) electrons. The molecule has 0 unspecified atom stereocenters. The minimum Gasteiger partial charge on any atom is -0.478 e. The van der Waals surface area contributed by atoms with Crippen molar-refractivity contribution >= 4 is 23.0 Å². The first-order valence-corrected chi connectivity index (χ1v) is 5.61. The molecule has 0 heterocycles. The van der Waals surface area contributed by atoms with Crippen LogP contribution in [0.5, 0.6) is 0 Å². The SMILES string of the molecule is CN(c1cccc(F)c1)c1ccc(C(=O)O)c(N)c1. The zero-order chi connectivity index (χ0) is 14.0. The standard InChI is InChI=1S/C14H13FN2O2/c1-17(10-4-2-3-9(15)7-10)11-5-6-12(14(18)19)13(16)8-11/h2-8H,16H2,1H3,(H,18,19). The third kappa shape index (κ3) is 2.65. The molecule has 0 fully saturated rings. The van der Waals surface area contributed by atoms with E-state index in [2.05, 4.69) is 0 Å². The molecule has 0 aliphatic carbocycles. The van der Waals surface area contributed by atoms with E-state index in [1.807, 2.05) is 0 Å². The number of benzene rings is 2. The number of hydrogen-bond acceptors (Lipinski definition) is 3. The van der Waals surface area contributed by atoms with E-state index in [-0.39, 0.29) is 17.1 Å². The number of halogens is 1. The van der Waals surface area contributed by atoms with Gasteiger partial charge >= 0.3 is 5.97 Å². The number of nitrogen functional groups attached to an aromatic ring is 1. The highest BCUT2D eigenvalue weighted by Crippen LogP contribution is 2.27. The van der Waals surface area contributed by atoms with E-state index < -0.39 is 5.97 Å². The number of nitrogens with two attached hydrogens (primary N) is 1. The maximum Gasteiger partial charge on any atom is 0.337 e. The highest BCUT2D eigenvalue weighted by Gasteiger charge is 2.11. The average molecular weight is 260 g/mol. The number of carbonyl (C=O) groups is 1. The predicted octanol–water partition coefficient (Wildman–Crippen LogP) is 2.87. The van der Waals surface area contributed by atoms with Gasteiger partial charge in [-0.2, -0.15) is 0 Å². The van der Waals surface area contributed by atoms with E-state index in [9.17, 15) is 9.18 Å². The fourth-order valence-electron chi connectivity index (χ4n) is 1.79. The Labute approximate surface area is 109 Å². The highest BCUT2D eigenvalue weighted by atomic mass is 19.1. The van der Waals surface area contributed by atoms with Crippen LogP contribution >= 0.6 is 0 Å². The molecule has 0 saturated heterocycles. The molecule has 5 heteroatoms. The molecule has 2 aromatic carbocycles. The van der Waals surface area contributed by atoms with Gasteiger partial charge in [-0.05, 0) is 36.4 Å². The Kier molecular flexibility index (Phi) is 3.37. The van der Waals surface area contributed by atoms with E-state index in [1.165, 1.54) is 18.2 Å². The molecule has 0 amide bonds. The van der Waals surface area contributed by atoms with Crippen LogP contribution in [0, 0.1) is 5.82 Å². The van der Waals surface area contributed by atoms with Gasteiger partial charge in [0.15, 0.2) is 0 Å². The number of rotatable bonds is 3. The van der Waals surface area contributed by atoms with Gasteiger partial charge in [0.1, 0.15) is 5.82 Å². The van der Waals surface area contributed by atoms with E-state index in [1.54, 1.807) is 36.2 Å². The summed E-state index contributed by atoms with van der Waals surface area (Å²) in [5.41, 5.74) is 7.26. The number of carboxylic acids is 1. The van der Waals surface area contributed by atoms with Crippen LogP contribution < -0.4 is 10.6 Å². The quantitative estimate of drug-likeness (QED) is 0.833. The number of hydrogen-bond donors (Lipinski definition) is 2. The van der Waals surface area contributed by atoms with Crippen LogP contribution in [-0.2, 0) is 0 Å². The van der Waals surface area contributed by atoms with Gasteiger partial charge in [0.25, 0.3) is 0 Å². The van der Waals surface area contributed by atoms with Crippen LogP contribution in [0.2, 0.25) is 0 Å². The van der Waals surface area contributed by atoms with Crippen molar-refractivity contribution in [3.63, 3.8) is 0 Å². The van der Waals surface area contributed by atoms with E-state index in [0.717, 1.165) is 0 Å². The van der Waals surface area contributed by atoms with Crippen molar-refractivity contribution < 1.29 is 14.3 Å². The molecule has 2 rings (SSSR count). The topological polar surface area (TPSA) is 66.6 Å². The maximum absolute atomic E-state index is 13.2. The summed E-state index contributed by atoms with van der Waals surface area (Å²) in [6.45, 7) is 0. The Morgan fingerprint density at radius 3 is 2.47 bits per heavy atom. The summed E-state index contributed by atoms with van der Waals surface area (Å²) >= 11 is 0. The number of anilines is 3. The second-order valence-corrected chi connectivity index (χ2v) is 4.12. The Morgan fingerprint density at radius 2 is 1.89 bits per heavy atom. The molecule has 3 N–H and O–H groups in total. The lowest BCUT2D eigenvalue weighted by molar-refractivity contribution is 0.0698. The molecule has 0 aliphatic rings. The molecule has 0 atom stereocenters. The van der Waals surface area contributed by atoms with Gasteiger partial charge in [-0.3, -0.25) is 0 Å². The zero-order valence-corrected chi connectivity index (χ0v) is 10.3. The fourth-order valence-corrected chi connectivity index (χ4v) is 1.79. The predicted molar refractivity (Wildman–Crippen MR) is 72.3 cm³/mol. The van der Waals surface area contributed by atoms with Gasteiger partial charge in [0, 0.05) is 24.1 Å². The van der Waals surface area contributed by atoms with Gasteiger partial charge in [0.05, 0.1) is 5.56 Å². The normalized spacial score (nSPS) is 10.2. The largest absolute Gasteiger partial charge is 0.478 e. The highest BCUT2D eigenvalue weighted by molar-refractivity contribution is 5.94. The fraction of sp³-hybridized carbons (Fsp3) is 0.0714. The van der Waals surface area contributed by atoms with Crippen molar-refractivity contribution in [2.45, 2.75) is 0 Å². The first-order chi connectivity index (χ1) is 8.99. The molecule has 0 bridgehead atoms. The van der Waals surface area contributed by atoms with E-state index >= 15 is 0 Å². The summed E-state index contributed by atoms with van der Waals surface area (Å²) in [6.07, 6.45) is 0. The molecule has 0 aromatic heterocycles. The smallest absolute Gasteiger partial charge is 0.337 e. The summed E-state index contributed by atoms with van der Waals surface area (Å²) in [4.78, 5) is 12.6. The number of carboxylic acid groups (broad SMARTS) is 1. The number of nitrogens with zero attached hydrogens (tertiary/aromatic N) is 1. The molecule has 0 aliphatic heterocycles. The second kappa shape index (κ2) is 4.97. The van der Waals surface area contributed by atoms with Crippen LogP contribution in [-0.4, -0.2) is 18.1 Å². The van der Waals surface area contributed by atoms with Gasteiger partial charge in [-0.1, -0.05) is 6.07 Å². The molecular weight excluding hydrogens is 247 g/mol. The van der Waals surface area contributed by atoms with Crippen molar-refractivity contribution in [3.05, 3.63) is 53.8 Å². The van der Waals surface area contributed by atoms with Crippen LogP contribution in [0.3, 0.4) is 0 Å². The average Bonchev–Trinajstić information content (AvgIpc) is 2.37. The molecule has 19 heavy (non-hydrogen) atoms. The zero-order valence-electron chi connectivity index (χ0n) is 10.3. The van der Waals surface area contributed by atoms with Crippen LogP contribution in [0.4, 0.5) is 21.5 Å². The van der Waals surface area contributed by atoms with Gasteiger partial charge in [-0.15, -0.1) is 0 Å². The third-order valence-corrected chi connectivity index (χ3v) is 2.85. The molecule has 0 spiro atoms. The minimum absolute atomic E-state index is 0.0522. The van der Waals surface area contributed by atoms with Crippen molar-refractivity contribution in [1.29, 1.82) is 0 Å². The van der Waals surface area contributed by atoms with Gasteiger partial charge < -0.3 is 15.7 Å². The molecule has 2 aromatic rings. The molecule has 98 valence electrons. The summed E-state index contributed by atoms with van der Waals surface area (Å²) < 4.78 is 13.2. The lowest BCUT2D eigenvalue weighted by Crippen LogP contribution is -2.11. The van der Waals surface area contributed by atoms with Crippen LogP contribution in [0.25, 0.3) is 0 Å². The maximum atomic E-state index is 13.2. The summed E-state index contributed by atoms with van der Waals surface area (Å²) in [7, 11) is 1.75. The third-order valence-electron chi connectivity index (χ3n) is 2.85. The van der Waals surface area contributed by atoms with Crippen LogP contribution in [0.1, 0.15) is 10.4 Å². The Balaban J connectivity index is 2.37. The lowest BCUT2D eigenvalue weighted by atomic mass is 10.1.